The molecule has 3 aliphatic rings. The lowest BCUT2D eigenvalue weighted by Gasteiger charge is -2.28. The lowest BCUT2D eigenvalue weighted by molar-refractivity contribution is -0.124. The highest BCUT2D eigenvalue weighted by Gasteiger charge is 2.36. The van der Waals surface area contributed by atoms with Gasteiger partial charge in [0.2, 0.25) is 15.9 Å². The van der Waals surface area contributed by atoms with Crippen LogP contribution in [0.2, 0.25) is 0 Å². The van der Waals surface area contributed by atoms with E-state index in [1.54, 1.807) is 36.4 Å². The summed E-state index contributed by atoms with van der Waals surface area (Å²) in [5.41, 5.74) is 2.42. The maximum Gasteiger partial charge on any atom is 0.240 e. The zero-order valence-electron chi connectivity index (χ0n) is 19.1. The molecule has 0 bridgehead atoms. The minimum absolute atomic E-state index is 0.0339. The molecule has 1 fully saturated rings. The van der Waals surface area contributed by atoms with E-state index in [-0.39, 0.29) is 34.6 Å². The number of rotatable bonds is 5. The molecule has 1 saturated carbocycles. The minimum atomic E-state index is -3.50. The van der Waals surface area contributed by atoms with Crippen molar-refractivity contribution >= 4 is 21.8 Å². The van der Waals surface area contributed by atoms with Crippen molar-refractivity contribution in [3.63, 3.8) is 0 Å². The monoisotopic (exact) mass is 481 g/mol. The van der Waals surface area contributed by atoms with E-state index in [4.69, 9.17) is 4.99 Å². The molecule has 1 heterocycles. The van der Waals surface area contributed by atoms with Gasteiger partial charge in [0.1, 0.15) is 11.6 Å². The van der Waals surface area contributed by atoms with Gasteiger partial charge in [0, 0.05) is 24.8 Å². The summed E-state index contributed by atoms with van der Waals surface area (Å²) in [6.07, 6.45) is 5.72. The van der Waals surface area contributed by atoms with Crippen LogP contribution < -0.4 is 10.0 Å². The normalized spacial score (nSPS) is 26.3. The number of aliphatic imine (C=N–C) groups is 1. The first-order chi connectivity index (χ1) is 16.4. The van der Waals surface area contributed by atoms with Gasteiger partial charge in [0.15, 0.2) is 0 Å². The number of nitrogens with one attached hydrogen (secondary N) is 2. The number of fused-ring (bicyclic) bond motifs is 3. The number of benzene rings is 2. The summed E-state index contributed by atoms with van der Waals surface area (Å²) < 4.78 is 27.6. The molecule has 8 heteroatoms. The van der Waals surface area contributed by atoms with Gasteiger partial charge in [-0.2, -0.15) is 0 Å². The number of hydrogen-bond acceptors (Lipinski definition) is 5. The molecule has 0 saturated heterocycles. The van der Waals surface area contributed by atoms with E-state index in [2.05, 4.69) is 10.0 Å². The van der Waals surface area contributed by atoms with Crippen LogP contribution in [0.1, 0.15) is 55.6 Å². The molecule has 1 amide bonds. The molecular formula is C26H31N3O4S. The topological polar surface area (TPSA) is 108 Å². The predicted molar refractivity (Wildman–Crippen MR) is 130 cm³/mol. The van der Waals surface area contributed by atoms with Crippen molar-refractivity contribution in [2.75, 3.05) is 6.54 Å². The highest BCUT2D eigenvalue weighted by molar-refractivity contribution is 7.89. The Morgan fingerprint density at radius 1 is 1.03 bits per heavy atom. The Kier molecular flexibility index (Phi) is 6.44. The quantitative estimate of drug-likeness (QED) is 0.607. The number of amidine groups is 1. The predicted octanol–water partition coefficient (Wildman–Crippen LogP) is 3.49. The molecule has 2 aromatic carbocycles. The van der Waals surface area contributed by atoms with Gasteiger partial charge >= 0.3 is 0 Å². The number of carbonyl (C=O) groups excluding carboxylic acids is 1. The van der Waals surface area contributed by atoms with Crippen LogP contribution >= 0.6 is 0 Å². The first-order valence-electron chi connectivity index (χ1n) is 12.1. The SMILES string of the molecule is O=C(NC1=N[C@@H]2CCc3cc(O)ccc3[C@@H]2C1)C1CCC(CNS(=O)(=O)c2ccccc2)CC1. The van der Waals surface area contributed by atoms with E-state index in [0.717, 1.165) is 50.8 Å². The van der Waals surface area contributed by atoms with Crippen LogP contribution in [-0.4, -0.2) is 37.9 Å². The molecule has 0 spiro atoms. The number of sulfonamides is 1. The van der Waals surface area contributed by atoms with E-state index < -0.39 is 10.0 Å². The molecule has 0 unspecified atom stereocenters. The van der Waals surface area contributed by atoms with Gasteiger partial charge in [-0.25, -0.2) is 13.1 Å². The minimum Gasteiger partial charge on any atom is -0.508 e. The lowest BCUT2D eigenvalue weighted by Crippen LogP contribution is -2.38. The van der Waals surface area contributed by atoms with Crippen molar-refractivity contribution in [2.45, 2.75) is 61.8 Å². The van der Waals surface area contributed by atoms with Crippen molar-refractivity contribution in [3.8, 4) is 5.75 Å². The molecule has 0 aromatic heterocycles. The third-order valence-corrected chi connectivity index (χ3v) is 8.97. The average molecular weight is 482 g/mol. The molecule has 0 radical (unpaired) electrons. The summed E-state index contributed by atoms with van der Waals surface area (Å²) in [4.78, 5) is 18.0. The standard InChI is InChI=1S/C26H31N3O4S/c30-20-11-12-22-19(14-20)10-13-24-23(22)15-25(28-24)29-26(31)18-8-6-17(7-9-18)16-27-34(32,33)21-4-2-1-3-5-21/h1-5,11-12,14,17-18,23-24,27,30H,6-10,13,15-16H2,(H,28,29,31)/t17?,18?,23-,24+/m0/s1. The molecule has 5 rings (SSSR count). The van der Waals surface area contributed by atoms with Crippen molar-refractivity contribution in [3.05, 3.63) is 59.7 Å². The molecule has 34 heavy (non-hydrogen) atoms. The number of amides is 1. The Balaban J connectivity index is 1.11. The first kappa shape index (κ1) is 23.1. The maximum absolute atomic E-state index is 12.9. The van der Waals surface area contributed by atoms with Gasteiger partial charge in [-0.1, -0.05) is 24.3 Å². The van der Waals surface area contributed by atoms with E-state index in [0.29, 0.717) is 12.3 Å². The van der Waals surface area contributed by atoms with Crippen LogP contribution in [0, 0.1) is 11.8 Å². The van der Waals surface area contributed by atoms with Crippen molar-refractivity contribution in [1.82, 2.24) is 10.0 Å². The van der Waals surface area contributed by atoms with Gasteiger partial charge in [-0.3, -0.25) is 9.79 Å². The summed E-state index contributed by atoms with van der Waals surface area (Å²) in [7, 11) is -3.50. The van der Waals surface area contributed by atoms with Gasteiger partial charge in [-0.15, -0.1) is 0 Å². The summed E-state index contributed by atoms with van der Waals surface area (Å²) in [5, 5.41) is 12.9. The fourth-order valence-electron chi connectivity index (χ4n) is 5.61. The Morgan fingerprint density at radius 3 is 2.56 bits per heavy atom. The summed E-state index contributed by atoms with van der Waals surface area (Å²) in [5.74, 6) is 1.56. The third kappa shape index (κ3) is 4.88. The number of hydrogen-bond donors (Lipinski definition) is 3. The Morgan fingerprint density at radius 2 is 1.79 bits per heavy atom. The Hall–Kier alpha value is -2.71. The van der Waals surface area contributed by atoms with E-state index in [1.807, 2.05) is 12.1 Å². The van der Waals surface area contributed by atoms with Gasteiger partial charge in [-0.05, 0) is 79.8 Å². The molecule has 2 aromatic rings. The number of phenols is 1. The second kappa shape index (κ2) is 9.50. The smallest absolute Gasteiger partial charge is 0.240 e. The second-order valence-corrected chi connectivity index (χ2v) is 11.5. The number of nitrogens with zero attached hydrogens (tertiary/aromatic N) is 1. The largest absolute Gasteiger partial charge is 0.508 e. The van der Waals surface area contributed by atoms with Crippen LogP contribution in [0.5, 0.6) is 5.75 Å². The van der Waals surface area contributed by atoms with E-state index in [1.165, 1.54) is 11.1 Å². The van der Waals surface area contributed by atoms with Gasteiger partial charge < -0.3 is 10.4 Å². The molecule has 2 aliphatic carbocycles. The number of aromatic hydroxyl groups is 1. The summed E-state index contributed by atoms with van der Waals surface area (Å²) >= 11 is 0. The highest BCUT2D eigenvalue weighted by atomic mass is 32.2. The fraction of sp³-hybridized carbons (Fsp3) is 0.462. The van der Waals surface area contributed by atoms with Crippen molar-refractivity contribution < 1.29 is 18.3 Å². The Labute approximate surface area is 200 Å². The van der Waals surface area contributed by atoms with Crippen LogP contribution in [0.25, 0.3) is 0 Å². The van der Waals surface area contributed by atoms with Crippen molar-refractivity contribution in [1.29, 1.82) is 0 Å². The van der Waals surface area contributed by atoms with Crippen LogP contribution in [0.3, 0.4) is 0 Å². The molecule has 180 valence electrons. The number of carbonyl (C=O) groups is 1. The third-order valence-electron chi connectivity index (χ3n) is 7.54. The zero-order chi connectivity index (χ0) is 23.7. The second-order valence-electron chi connectivity index (χ2n) is 9.75. The zero-order valence-corrected chi connectivity index (χ0v) is 19.9. The molecule has 2 atom stereocenters. The molecule has 7 nitrogen and oxygen atoms in total. The molecule has 1 aliphatic heterocycles. The number of aryl methyl sites for hydroxylation is 1. The van der Waals surface area contributed by atoms with Crippen LogP contribution in [0.4, 0.5) is 0 Å². The maximum atomic E-state index is 12.9. The fourth-order valence-corrected chi connectivity index (χ4v) is 6.75. The highest BCUT2D eigenvalue weighted by Crippen LogP contribution is 2.41. The first-order valence-corrected chi connectivity index (χ1v) is 13.6. The molecule has 3 N–H and O–H groups in total. The van der Waals surface area contributed by atoms with Crippen LogP contribution in [-0.2, 0) is 21.2 Å². The lowest BCUT2D eigenvalue weighted by atomic mass is 9.79. The van der Waals surface area contributed by atoms with Crippen molar-refractivity contribution in [2.24, 2.45) is 16.8 Å². The van der Waals surface area contributed by atoms with E-state index in [9.17, 15) is 18.3 Å². The summed E-state index contributed by atoms with van der Waals surface area (Å²) in [6.45, 7) is 0.399. The number of phenolic OH excluding ortho intramolecular Hbond substituents is 1. The average Bonchev–Trinajstić information content (AvgIpc) is 3.26. The summed E-state index contributed by atoms with van der Waals surface area (Å²) in [6, 6.07) is 14.2. The van der Waals surface area contributed by atoms with E-state index >= 15 is 0 Å². The van der Waals surface area contributed by atoms with Gasteiger partial charge in [0.05, 0.1) is 10.9 Å². The van der Waals surface area contributed by atoms with Crippen LogP contribution in [0.15, 0.2) is 58.4 Å². The van der Waals surface area contributed by atoms with Gasteiger partial charge in [0.25, 0.3) is 0 Å². The Bertz CT molecular complexity index is 1190. The molecular weight excluding hydrogens is 450 g/mol.